The number of urea groups is 1. The SMILES string of the molecule is Cc1ccc(-n2ncc(C(C)(C)C)c2NC(=O)Nc2ccc(OCCN3C[C@H](C)O[C@@H](C)C3)c3ccccc23)cc1. The number of nitrogens with one attached hydrogen (secondary N) is 2. The van der Waals surface area contributed by atoms with Crippen molar-refractivity contribution in [3.05, 3.63) is 78.0 Å². The number of carbonyl (C=O) groups excluding carboxylic acids is 1. The number of fused-ring (bicyclic) bond motifs is 1. The van der Waals surface area contributed by atoms with Crippen molar-refractivity contribution in [1.82, 2.24) is 14.7 Å². The Kier molecular flexibility index (Phi) is 8.33. The Labute approximate surface area is 242 Å². The summed E-state index contributed by atoms with van der Waals surface area (Å²) in [6.45, 7) is 15.8. The second kappa shape index (κ2) is 11.9. The van der Waals surface area contributed by atoms with Crippen molar-refractivity contribution in [1.29, 1.82) is 0 Å². The molecule has 1 saturated heterocycles. The van der Waals surface area contributed by atoms with Crippen LogP contribution in [-0.2, 0) is 10.2 Å². The number of carbonyl (C=O) groups is 1. The maximum absolute atomic E-state index is 13.4. The second-order valence-electron chi connectivity index (χ2n) is 12.0. The fraction of sp³-hybridized carbons (Fsp3) is 0.394. The molecule has 0 spiro atoms. The first-order valence-electron chi connectivity index (χ1n) is 14.3. The van der Waals surface area contributed by atoms with Crippen LogP contribution in [0.3, 0.4) is 0 Å². The summed E-state index contributed by atoms with van der Waals surface area (Å²) in [6.07, 6.45) is 2.28. The monoisotopic (exact) mass is 555 g/mol. The summed E-state index contributed by atoms with van der Waals surface area (Å²) in [5, 5.41) is 12.6. The predicted molar refractivity (Wildman–Crippen MR) is 166 cm³/mol. The molecule has 5 rings (SSSR count). The smallest absolute Gasteiger partial charge is 0.324 e. The molecule has 8 heteroatoms. The maximum atomic E-state index is 13.4. The van der Waals surface area contributed by atoms with Gasteiger partial charge in [-0.2, -0.15) is 5.10 Å². The van der Waals surface area contributed by atoms with Crippen LogP contribution in [0.15, 0.2) is 66.9 Å². The summed E-state index contributed by atoms with van der Waals surface area (Å²) in [4.78, 5) is 15.8. The van der Waals surface area contributed by atoms with Gasteiger partial charge in [0, 0.05) is 36.0 Å². The van der Waals surface area contributed by atoms with E-state index in [1.807, 2.05) is 73.8 Å². The van der Waals surface area contributed by atoms with Gasteiger partial charge in [-0.3, -0.25) is 10.2 Å². The molecule has 2 heterocycles. The van der Waals surface area contributed by atoms with Crippen molar-refractivity contribution in [2.45, 2.75) is 59.2 Å². The van der Waals surface area contributed by atoms with Gasteiger partial charge in [-0.1, -0.05) is 62.7 Å². The predicted octanol–water partition coefficient (Wildman–Crippen LogP) is 6.76. The van der Waals surface area contributed by atoms with Crippen LogP contribution in [0.2, 0.25) is 0 Å². The molecule has 2 N–H and O–H groups in total. The molecule has 0 aliphatic carbocycles. The largest absolute Gasteiger partial charge is 0.492 e. The standard InChI is InChI=1S/C33H41N5O3/c1-22-11-13-25(14-12-22)38-31(28(19-34-38)33(4,5)6)36-32(39)35-29-15-16-30(27-10-8-7-9-26(27)29)40-18-17-37-20-23(2)41-24(3)21-37/h7-16,19,23-24H,17-18,20-21H2,1-6H3,(H2,35,36,39)/t23-,24-/m0/s1. The third kappa shape index (κ3) is 6.72. The maximum Gasteiger partial charge on any atom is 0.324 e. The Bertz CT molecular complexity index is 1500. The van der Waals surface area contributed by atoms with Crippen molar-refractivity contribution >= 4 is 28.3 Å². The van der Waals surface area contributed by atoms with Crippen LogP contribution >= 0.6 is 0 Å². The Morgan fingerprint density at radius 2 is 1.66 bits per heavy atom. The van der Waals surface area contributed by atoms with Crippen molar-refractivity contribution in [2.75, 3.05) is 36.9 Å². The average Bonchev–Trinajstić information content (AvgIpc) is 3.33. The number of hydrogen-bond acceptors (Lipinski definition) is 5. The van der Waals surface area contributed by atoms with E-state index in [1.165, 1.54) is 0 Å². The average molecular weight is 556 g/mol. The summed E-state index contributed by atoms with van der Waals surface area (Å²) < 4.78 is 13.9. The number of rotatable bonds is 7. The van der Waals surface area contributed by atoms with Crippen LogP contribution in [0.1, 0.15) is 45.7 Å². The lowest BCUT2D eigenvalue weighted by Crippen LogP contribution is -2.46. The Balaban J connectivity index is 1.33. The molecule has 2 amide bonds. The molecule has 0 unspecified atom stereocenters. The van der Waals surface area contributed by atoms with Crippen LogP contribution in [0, 0.1) is 6.92 Å². The van der Waals surface area contributed by atoms with Gasteiger partial charge >= 0.3 is 6.03 Å². The molecule has 2 atom stereocenters. The van der Waals surface area contributed by atoms with E-state index in [0.717, 1.165) is 53.0 Å². The highest BCUT2D eigenvalue weighted by molar-refractivity contribution is 6.07. The van der Waals surface area contributed by atoms with Crippen LogP contribution in [-0.4, -0.2) is 59.2 Å². The number of anilines is 2. The van der Waals surface area contributed by atoms with Crippen molar-refractivity contribution in [3.8, 4) is 11.4 Å². The number of benzene rings is 3. The zero-order valence-electron chi connectivity index (χ0n) is 24.9. The Morgan fingerprint density at radius 3 is 2.34 bits per heavy atom. The van der Waals surface area contributed by atoms with Crippen molar-refractivity contribution in [2.24, 2.45) is 0 Å². The van der Waals surface area contributed by atoms with E-state index in [4.69, 9.17) is 9.47 Å². The highest BCUT2D eigenvalue weighted by atomic mass is 16.5. The molecule has 216 valence electrons. The number of morpholine rings is 1. The minimum atomic E-state index is -0.334. The Hall–Kier alpha value is -3.88. The lowest BCUT2D eigenvalue weighted by molar-refractivity contribution is -0.0699. The molecular formula is C33H41N5O3. The third-order valence-corrected chi connectivity index (χ3v) is 7.38. The summed E-state index contributed by atoms with van der Waals surface area (Å²) >= 11 is 0. The lowest BCUT2D eigenvalue weighted by atomic mass is 9.89. The summed E-state index contributed by atoms with van der Waals surface area (Å²) in [6, 6.07) is 19.6. The van der Waals surface area contributed by atoms with Crippen LogP contribution in [0.25, 0.3) is 16.5 Å². The van der Waals surface area contributed by atoms with E-state index >= 15 is 0 Å². The molecule has 1 aliphatic heterocycles. The number of aromatic nitrogens is 2. The van der Waals surface area contributed by atoms with E-state index in [2.05, 4.69) is 55.3 Å². The highest BCUT2D eigenvalue weighted by Gasteiger charge is 2.25. The number of aryl methyl sites for hydroxylation is 1. The quantitative estimate of drug-likeness (QED) is 0.263. The van der Waals surface area contributed by atoms with Gasteiger partial charge in [0.25, 0.3) is 0 Å². The van der Waals surface area contributed by atoms with E-state index in [9.17, 15) is 4.79 Å². The number of nitrogens with zero attached hydrogens (tertiary/aromatic N) is 3. The zero-order chi connectivity index (χ0) is 29.1. The van der Waals surface area contributed by atoms with Crippen molar-refractivity contribution in [3.63, 3.8) is 0 Å². The van der Waals surface area contributed by atoms with E-state index in [1.54, 1.807) is 4.68 Å². The highest BCUT2D eigenvalue weighted by Crippen LogP contribution is 2.34. The molecule has 0 bridgehead atoms. The van der Waals surface area contributed by atoms with Gasteiger partial charge in [-0.15, -0.1) is 0 Å². The van der Waals surface area contributed by atoms with Gasteiger partial charge in [0.15, 0.2) is 0 Å². The molecular weight excluding hydrogens is 514 g/mol. The zero-order valence-corrected chi connectivity index (χ0v) is 24.9. The van der Waals surface area contributed by atoms with Crippen LogP contribution < -0.4 is 15.4 Å². The van der Waals surface area contributed by atoms with Crippen LogP contribution in [0.4, 0.5) is 16.3 Å². The second-order valence-corrected chi connectivity index (χ2v) is 12.0. The first-order chi connectivity index (χ1) is 19.6. The molecule has 1 fully saturated rings. The summed E-state index contributed by atoms with van der Waals surface area (Å²) in [5.74, 6) is 1.45. The number of ether oxygens (including phenoxy) is 2. The molecule has 0 saturated carbocycles. The van der Waals surface area contributed by atoms with Crippen LogP contribution in [0.5, 0.6) is 5.75 Å². The first-order valence-corrected chi connectivity index (χ1v) is 14.3. The van der Waals surface area contributed by atoms with Gasteiger partial charge in [0.1, 0.15) is 18.2 Å². The third-order valence-electron chi connectivity index (χ3n) is 7.38. The minimum Gasteiger partial charge on any atom is -0.492 e. The van der Waals surface area contributed by atoms with Crippen molar-refractivity contribution < 1.29 is 14.3 Å². The first kappa shape index (κ1) is 28.6. The summed E-state index contributed by atoms with van der Waals surface area (Å²) in [5.41, 5.74) is 3.49. The van der Waals surface area contributed by atoms with Gasteiger partial charge < -0.3 is 14.8 Å². The minimum absolute atomic E-state index is 0.214. The van der Waals surface area contributed by atoms with E-state index < -0.39 is 0 Å². The van der Waals surface area contributed by atoms with Gasteiger partial charge in [-0.25, -0.2) is 9.48 Å². The molecule has 8 nitrogen and oxygen atoms in total. The van der Waals surface area contributed by atoms with E-state index in [0.29, 0.717) is 18.1 Å². The van der Waals surface area contributed by atoms with Gasteiger partial charge in [0.05, 0.1) is 29.8 Å². The van der Waals surface area contributed by atoms with Gasteiger partial charge in [-0.05, 0) is 50.5 Å². The normalized spacial score (nSPS) is 17.9. The number of hydrogen-bond donors (Lipinski definition) is 2. The molecule has 0 radical (unpaired) electrons. The number of amides is 2. The molecule has 1 aliphatic rings. The fourth-order valence-corrected chi connectivity index (χ4v) is 5.42. The topological polar surface area (TPSA) is 80.7 Å². The van der Waals surface area contributed by atoms with E-state index in [-0.39, 0.29) is 23.7 Å². The Morgan fingerprint density at radius 1 is 0.976 bits per heavy atom. The molecule has 1 aromatic heterocycles. The molecule has 4 aromatic rings. The van der Waals surface area contributed by atoms with Gasteiger partial charge in [0.2, 0.25) is 0 Å². The lowest BCUT2D eigenvalue weighted by Gasteiger charge is -2.35. The fourth-order valence-electron chi connectivity index (χ4n) is 5.42. The molecule has 41 heavy (non-hydrogen) atoms. The molecule has 3 aromatic carbocycles. The summed E-state index contributed by atoms with van der Waals surface area (Å²) in [7, 11) is 0.